The first-order valence-electron chi connectivity index (χ1n) is 10.7. The molecular weight excluding hydrogens is 481 g/mol. The minimum Gasteiger partial charge on any atom is -0.497 e. The molecule has 2 heterocycles. The van der Waals surface area contributed by atoms with E-state index in [0.717, 1.165) is 17.8 Å². The molecule has 0 atom stereocenters. The number of likely N-dealkylation sites (N-methyl/N-ethyl adjacent to an activating group) is 1. The van der Waals surface area contributed by atoms with Crippen molar-refractivity contribution in [2.24, 2.45) is 0 Å². The van der Waals surface area contributed by atoms with Crippen molar-refractivity contribution in [2.75, 3.05) is 34.3 Å². The fourth-order valence-electron chi connectivity index (χ4n) is 3.71. The van der Waals surface area contributed by atoms with Gasteiger partial charge < -0.3 is 9.64 Å². The number of halogens is 3. The third-order valence-electron chi connectivity index (χ3n) is 5.55. The lowest BCUT2D eigenvalue weighted by Crippen LogP contribution is -2.34. The maximum absolute atomic E-state index is 13.6. The van der Waals surface area contributed by atoms with E-state index in [2.05, 4.69) is 5.10 Å². The molecule has 1 aromatic heterocycles. The number of fused-ring (bicyclic) bond motifs is 1. The van der Waals surface area contributed by atoms with Gasteiger partial charge in [-0.15, -0.1) is 0 Å². The van der Waals surface area contributed by atoms with Crippen LogP contribution in [0.5, 0.6) is 5.75 Å². The number of hydrogen-bond donors (Lipinski definition) is 0. The third kappa shape index (κ3) is 5.35. The van der Waals surface area contributed by atoms with Crippen LogP contribution in [0.3, 0.4) is 0 Å². The molecular formula is C24H23F3N4O3S. The highest BCUT2D eigenvalue weighted by Gasteiger charge is 2.35. The van der Waals surface area contributed by atoms with Crippen molar-refractivity contribution in [1.29, 1.82) is 0 Å². The van der Waals surface area contributed by atoms with Gasteiger partial charge in [-0.3, -0.25) is 19.2 Å². The van der Waals surface area contributed by atoms with Crippen molar-refractivity contribution in [2.45, 2.75) is 12.7 Å². The Hall–Kier alpha value is -3.31. The highest BCUT2D eigenvalue weighted by atomic mass is 32.2. The minimum atomic E-state index is -4.53. The maximum Gasteiger partial charge on any atom is 0.416 e. The number of rotatable bonds is 7. The third-order valence-corrected chi connectivity index (χ3v) is 6.46. The van der Waals surface area contributed by atoms with Gasteiger partial charge in [0.25, 0.3) is 11.1 Å². The summed E-state index contributed by atoms with van der Waals surface area (Å²) in [6, 6.07) is 9.11. The van der Waals surface area contributed by atoms with Gasteiger partial charge in [0.15, 0.2) is 0 Å². The van der Waals surface area contributed by atoms with Crippen LogP contribution in [-0.2, 0) is 17.5 Å². The first-order chi connectivity index (χ1) is 16.6. The summed E-state index contributed by atoms with van der Waals surface area (Å²) in [4.78, 5) is 28.3. The number of alkyl halides is 3. The molecule has 7 nitrogen and oxygen atoms in total. The van der Waals surface area contributed by atoms with Crippen LogP contribution in [-0.4, -0.2) is 65.0 Å². The van der Waals surface area contributed by atoms with E-state index in [4.69, 9.17) is 4.74 Å². The summed E-state index contributed by atoms with van der Waals surface area (Å²) in [6.45, 7) is 0.805. The van der Waals surface area contributed by atoms with E-state index in [-0.39, 0.29) is 29.0 Å². The van der Waals surface area contributed by atoms with Crippen molar-refractivity contribution in [3.63, 3.8) is 0 Å². The molecule has 0 N–H and O–H groups in total. The van der Waals surface area contributed by atoms with E-state index in [0.29, 0.717) is 34.5 Å². The number of amides is 2. The number of hydrogen-bond acceptors (Lipinski definition) is 6. The lowest BCUT2D eigenvalue weighted by atomic mass is 10.1. The number of methoxy groups -OCH3 is 1. The van der Waals surface area contributed by atoms with Crippen molar-refractivity contribution in [3.05, 3.63) is 64.2 Å². The molecule has 1 aliphatic heterocycles. The lowest BCUT2D eigenvalue weighted by molar-refractivity contribution is -0.138. The Labute approximate surface area is 204 Å². The number of carbonyl (C=O) groups excluding carboxylic acids is 2. The van der Waals surface area contributed by atoms with Gasteiger partial charge in [-0.1, -0.05) is 12.1 Å². The van der Waals surface area contributed by atoms with Crippen LogP contribution < -0.4 is 4.74 Å². The largest absolute Gasteiger partial charge is 0.497 e. The fourth-order valence-corrected chi connectivity index (χ4v) is 4.58. The molecule has 0 bridgehead atoms. The molecule has 0 spiro atoms. The summed E-state index contributed by atoms with van der Waals surface area (Å²) in [5.74, 6) is -0.209. The molecule has 4 rings (SSSR count). The molecule has 1 fully saturated rings. The quantitative estimate of drug-likeness (QED) is 0.434. The number of benzene rings is 2. The fraction of sp³-hybridized carbons (Fsp3) is 0.292. The Morgan fingerprint density at radius 2 is 1.91 bits per heavy atom. The van der Waals surface area contributed by atoms with Gasteiger partial charge in [0.1, 0.15) is 5.75 Å². The summed E-state index contributed by atoms with van der Waals surface area (Å²) in [6.07, 6.45) is -1.33. The topological polar surface area (TPSA) is 67.7 Å². The Bertz CT molecular complexity index is 1320. The highest BCUT2D eigenvalue weighted by molar-refractivity contribution is 8.18. The van der Waals surface area contributed by atoms with Crippen molar-refractivity contribution in [3.8, 4) is 5.75 Å². The van der Waals surface area contributed by atoms with Crippen LogP contribution in [0, 0.1) is 0 Å². The van der Waals surface area contributed by atoms with Gasteiger partial charge in [-0.25, -0.2) is 0 Å². The number of thioether (sulfide) groups is 1. The summed E-state index contributed by atoms with van der Waals surface area (Å²) in [5.41, 5.74) is 0.627. The molecule has 35 heavy (non-hydrogen) atoms. The van der Waals surface area contributed by atoms with Gasteiger partial charge in [-0.05, 0) is 67.3 Å². The smallest absolute Gasteiger partial charge is 0.416 e. The lowest BCUT2D eigenvalue weighted by Gasteiger charge is -2.15. The number of nitrogens with zero attached hydrogens (tertiary/aromatic N) is 4. The van der Waals surface area contributed by atoms with E-state index < -0.39 is 11.7 Å². The summed E-state index contributed by atoms with van der Waals surface area (Å²) in [5, 5.41) is 4.66. The zero-order chi connectivity index (χ0) is 25.3. The monoisotopic (exact) mass is 504 g/mol. The van der Waals surface area contributed by atoms with Crippen molar-refractivity contribution in [1.82, 2.24) is 19.6 Å². The first kappa shape index (κ1) is 24.8. The molecule has 2 aromatic carbocycles. The Kier molecular flexibility index (Phi) is 6.91. The second-order valence-corrected chi connectivity index (χ2v) is 9.27. The number of carbonyl (C=O) groups is 2. The summed E-state index contributed by atoms with van der Waals surface area (Å²) in [7, 11) is 5.05. The zero-order valence-corrected chi connectivity index (χ0v) is 20.1. The van der Waals surface area contributed by atoms with Gasteiger partial charge in [-0.2, -0.15) is 18.3 Å². The summed E-state index contributed by atoms with van der Waals surface area (Å²) >= 11 is 0.890. The number of aromatic nitrogens is 2. The Morgan fingerprint density at radius 3 is 2.60 bits per heavy atom. The molecule has 3 aromatic rings. The average Bonchev–Trinajstić information content (AvgIpc) is 3.31. The number of ether oxygens (including phenoxy) is 1. The SMILES string of the molecule is COc1ccc(Cn2ncc3cc(C=C4SC(=O)N(CCN(C)C)C4=O)ccc32)c(C(F)(F)F)c1. The van der Waals surface area contributed by atoms with Crippen molar-refractivity contribution < 1.29 is 27.5 Å². The van der Waals surface area contributed by atoms with Crippen LogP contribution in [0.15, 0.2) is 47.5 Å². The van der Waals surface area contributed by atoms with Crippen LogP contribution in [0.4, 0.5) is 18.0 Å². The molecule has 184 valence electrons. The normalized spacial score (nSPS) is 15.7. The molecule has 0 unspecified atom stereocenters. The molecule has 2 amide bonds. The number of imide groups is 1. The van der Waals surface area contributed by atoms with Crippen molar-refractivity contribution >= 4 is 39.9 Å². The standard InChI is InChI=1S/C24H23F3N4O3S/c1-29(2)8-9-30-22(32)21(35-23(30)33)11-15-4-7-20-17(10-15)13-28-31(20)14-16-5-6-18(34-3)12-19(16)24(25,26)27/h4-7,10-13H,8-9,14H2,1-3H3. The van der Waals surface area contributed by atoms with Crippen LogP contribution in [0.1, 0.15) is 16.7 Å². The minimum absolute atomic E-state index is 0.0683. The molecule has 1 aliphatic rings. The van der Waals surface area contributed by atoms with Crippen LogP contribution >= 0.6 is 11.8 Å². The van der Waals surface area contributed by atoms with Gasteiger partial charge >= 0.3 is 6.18 Å². The molecule has 0 aliphatic carbocycles. The van der Waals surface area contributed by atoms with Gasteiger partial charge in [0, 0.05) is 18.5 Å². The van der Waals surface area contributed by atoms with E-state index in [1.165, 1.54) is 28.8 Å². The van der Waals surface area contributed by atoms with Crippen LogP contribution in [0.25, 0.3) is 17.0 Å². The highest BCUT2D eigenvalue weighted by Crippen LogP contribution is 2.35. The van der Waals surface area contributed by atoms with E-state index in [9.17, 15) is 22.8 Å². The van der Waals surface area contributed by atoms with E-state index >= 15 is 0 Å². The van der Waals surface area contributed by atoms with E-state index in [1.807, 2.05) is 19.0 Å². The summed E-state index contributed by atoms with van der Waals surface area (Å²) < 4.78 is 47.2. The zero-order valence-electron chi connectivity index (χ0n) is 19.3. The average molecular weight is 505 g/mol. The van der Waals surface area contributed by atoms with E-state index in [1.54, 1.807) is 30.5 Å². The second-order valence-electron chi connectivity index (χ2n) is 8.28. The molecule has 0 saturated carbocycles. The molecule has 11 heteroatoms. The predicted octanol–water partition coefficient (Wildman–Crippen LogP) is 4.71. The van der Waals surface area contributed by atoms with Gasteiger partial charge in [0.05, 0.1) is 35.8 Å². The predicted molar refractivity (Wildman–Crippen MR) is 128 cm³/mol. The molecule has 1 saturated heterocycles. The Balaban J connectivity index is 1.58. The maximum atomic E-state index is 13.6. The Morgan fingerprint density at radius 1 is 1.14 bits per heavy atom. The first-order valence-corrected chi connectivity index (χ1v) is 11.5. The molecule has 0 radical (unpaired) electrons. The van der Waals surface area contributed by atoms with Gasteiger partial charge in [0.2, 0.25) is 0 Å². The van der Waals surface area contributed by atoms with Crippen LogP contribution in [0.2, 0.25) is 0 Å². The second kappa shape index (κ2) is 9.74.